The number of hydrogen-bond acceptors (Lipinski definition) is 3. The van der Waals surface area contributed by atoms with Crippen LogP contribution in [0.2, 0.25) is 0 Å². The molecule has 1 aliphatic rings. The number of nitrogens with zero attached hydrogens (tertiary/aromatic N) is 1. The van der Waals surface area contributed by atoms with Crippen molar-refractivity contribution in [3.05, 3.63) is 65.2 Å². The van der Waals surface area contributed by atoms with Crippen LogP contribution in [0.1, 0.15) is 39.1 Å². The molecule has 1 aliphatic heterocycles. The van der Waals surface area contributed by atoms with Crippen LogP contribution in [0.5, 0.6) is 5.75 Å². The van der Waals surface area contributed by atoms with Crippen LogP contribution in [-0.2, 0) is 0 Å². The molecule has 1 fully saturated rings. The van der Waals surface area contributed by atoms with Gasteiger partial charge in [-0.1, -0.05) is 18.2 Å². The van der Waals surface area contributed by atoms with Crippen molar-refractivity contribution in [1.29, 1.82) is 0 Å². The zero-order valence-corrected chi connectivity index (χ0v) is 14.0. The smallest absolute Gasteiger partial charge is 0.254 e. The van der Waals surface area contributed by atoms with Crippen molar-refractivity contribution >= 4 is 11.7 Å². The Labute approximate surface area is 142 Å². The highest BCUT2D eigenvalue weighted by atomic mass is 16.5. The van der Waals surface area contributed by atoms with Gasteiger partial charge in [0.15, 0.2) is 5.78 Å². The molecule has 0 saturated carbocycles. The van der Waals surface area contributed by atoms with Crippen molar-refractivity contribution in [2.24, 2.45) is 0 Å². The molecule has 1 saturated heterocycles. The zero-order valence-electron chi connectivity index (χ0n) is 14.0. The van der Waals surface area contributed by atoms with Gasteiger partial charge in [0.1, 0.15) is 5.75 Å². The maximum atomic E-state index is 12.9. The molecule has 4 heteroatoms. The van der Waals surface area contributed by atoms with Gasteiger partial charge in [-0.15, -0.1) is 0 Å². The standard InChI is InChI=1S/C20H21NO3/c1-14-6-3-4-7-17(14)20(23)21-13-5-8-18(21)19(22)15-9-11-16(24-2)12-10-15/h3-4,6-7,9-12,18H,5,8,13H2,1-2H3. The van der Waals surface area contributed by atoms with E-state index in [4.69, 9.17) is 4.74 Å². The monoisotopic (exact) mass is 323 g/mol. The average molecular weight is 323 g/mol. The molecule has 0 radical (unpaired) electrons. The lowest BCUT2D eigenvalue weighted by Crippen LogP contribution is -2.40. The van der Waals surface area contributed by atoms with Gasteiger partial charge < -0.3 is 9.64 Å². The van der Waals surface area contributed by atoms with E-state index >= 15 is 0 Å². The Kier molecular flexibility index (Phi) is 4.65. The predicted molar refractivity (Wildman–Crippen MR) is 92.6 cm³/mol. The van der Waals surface area contributed by atoms with Gasteiger partial charge in [-0.05, 0) is 55.7 Å². The van der Waals surface area contributed by atoms with Crippen molar-refractivity contribution in [3.63, 3.8) is 0 Å². The highest BCUT2D eigenvalue weighted by molar-refractivity contribution is 6.05. The molecule has 0 spiro atoms. The highest BCUT2D eigenvalue weighted by Gasteiger charge is 2.35. The first-order valence-corrected chi connectivity index (χ1v) is 8.16. The van der Waals surface area contributed by atoms with Crippen molar-refractivity contribution < 1.29 is 14.3 Å². The molecule has 124 valence electrons. The van der Waals surface area contributed by atoms with Crippen LogP contribution in [0.4, 0.5) is 0 Å². The molecule has 4 nitrogen and oxygen atoms in total. The largest absolute Gasteiger partial charge is 0.497 e. The summed E-state index contributed by atoms with van der Waals surface area (Å²) in [5, 5.41) is 0. The van der Waals surface area contributed by atoms with Crippen LogP contribution >= 0.6 is 0 Å². The third-order valence-corrected chi connectivity index (χ3v) is 4.57. The minimum atomic E-state index is -0.384. The summed E-state index contributed by atoms with van der Waals surface area (Å²) in [6.45, 7) is 2.54. The number of aryl methyl sites for hydroxylation is 1. The van der Waals surface area contributed by atoms with E-state index in [1.807, 2.05) is 31.2 Å². The van der Waals surface area contributed by atoms with Crippen molar-refractivity contribution in [1.82, 2.24) is 4.90 Å². The van der Waals surface area contributed by atoms with Crippen LogP contribution in [0.3, 0.4) is 0 Å². The number of rotatable bonds is 4. The number of hydrogen-bond donors (Lipinski definition) is 0. The molecule has 2 aromatic carbocycles. The second kappa shape index (κ2) is 6.87. The fraction of sp³-hybridized carbons (Fsp3) is 0.300. The molecule has 1 amide bonds. The molecular weight excluding hydrogens is 302 g/mol. The van der Waals surface area contributed by atoms with Gasteiger partial charge in [0, 0.05) is 17.7 Å². The summed E-state index contributed by atoms with van der Waals surface area (Å²) in [6, 6.07) is 14.2. The summed E-state index contributed by atoms with van der Waals surface area (Å²) in [6.07, 6.45) is 1.56. The van der Waals surface area contributed by atoms with E-state index in [-0.39, 0.29) is 17.7 Å². The number of Topliss-reactive ketones (excluding diaryl/α,β-unsaturated/α-hetero) is 1. The topological polar surface area (TPSA) is 46.6 Å². The minimum Gasteiger partial charge on any atom is -0.497 e. The van der Waals surface area contributed by atoms with Crippen LogP contribution in [0.25, 0.3) is 0 Å². The lowest BCUT2D eigenvalue weighted by molar-refractivity contribution is 0.0671. The first kappa shape index (κ1) is 16.2. The zero-order chi connectivity index (χ0) is 17.1. The number of methoxy groups -OCH3 is 1. The van der Waals surface area contributed by atoms with Crippen LogP contribution in [-0.4, -0.2) is 36.3 Å². The molecule has 1 heterocycles. The van der Waals surface area contributed by atoms with E-state index in [2.05, 4.69) is 0 Å². The van der Waals surface area contributed by atoms with E-state index in [1.165, 1.54) is 0 Å². The van der Waals surface area contributed by atoms with Gasteiger partial charge >= 0.3 is 0 Å². The number of carbonyl (C=O) groups is 2. The van der Waals surface area contributed by atoms with Crippen molar-refractivity contribution in [2.75, 3.05) is 13.7 Å². The minimum absolute atomic E-state index is 0.00270. The highest BCUT2D eigenvalue weighted by Crippen LogP contribution is 2.25. The van der Waals surface area contributed by atoms with Gasteiger partial charge in [0.25, 0.3) is 5.91 Å². The van der Waals surface area contributed by atoms with Gasteiger partial charge in [-0.2, -0.15) is 0 Å². The van der Waals surface area contributed by atoms with Gasteiger partial charge in [0.05, 0.1) is 13.2 Å². The summed E-state index contributed by atoms with van der Waals surface area (Å²) in [5.74, 6) is 0.653. The molecule has 1 atom stereocenters. The summed E-state index contributed by atoms with van der Waals surface area (Å²) in [7, 11) is 1.59. The number of likely N-dealkylation sites (tertiary alicyclic amines) is 1. The van der Waals surface area contributed by atoms with Gasteiger partial charge in [-0.3, -0.25) is 9.59 Å². The fourth-order valence-electron chi connectivity index (χ4n) is 3.20. The Balaban J connectivity index is 1.83. The molecule has 0 aliphatic carbocycles. The molecule has 0 N–H and O–H groups in total. The maximum absolute atomic E-state index is 12.9. The van der Waals surface area contributed by atoms with Crippen molar-refractivity contribution in [3.8, 4) is 5.75 Å². The van der Waals surface area contributed by atoms with Crippen LogP contribution in [0.15, 0.2) is 48.5 Å². The fourth-order valence-corrected chi connectivity index (χ4v) is 3.20. The van der Waals surface area contributed by atoms with E-state index in [1.54, 1.807) is 36.3 Å². The molecule has 1 unspecified atom stereocenters. The van der Waals surface area contributed by atoms with Crippen LogP contribution < -0.4 is 4.74 Å². The van der Waals surface area contributed by atoms with E-state index in [0.29, 0.717) is 29.8 Å². The summed E-state index contributed by atoms with van der Waals surface area (Å²) in [4.78, 5) is 27.4. The Morgan fingerprint density at radius 3 is 2.46 bits per heavy atom. The molecule has 24 heavy (non-hydrogen) atoms. The SMILES string of the molecule is COc1ccc(C(=O)C2CCCN2C(=O)c2ccccc2C)cc1. The quantitative estimate of drug-likeness (QED) is 0.809. The Morgan fingerprint density at radius 2 is 1.79 bits per heavy atom. The summed E-state index contributed by atoms with van der Waals surface area (Å²) >= 11 is 0. The van der Waals surface area contributed by atoms with E-state index in [0.717, 1.165) is 12.0 Å². The first-order valence-electron chi connectivity index (χ1n) is 8.16. The summed E-state index contributed by atoms with van der Waals surface area (Å²) in [5.41, 5.74) is 2.22. The predicted octanol–water partition coefficient (Wildman–Crippen LogP) is 3.49. The number of amides is 1. The normalized spacial score (nSPS) is 16.9. The molecule has 3 rings (SSSR count). The van der Waals surface area contributed by atoms with E-state index < -0.39 is 0 Å². The van der Waals surface area contributed by atoms with Crippen molar-refractivity contribution in [2.45, 2.75) is 25.8 Å². The number of ketones is 1. The van der Waals surface area contributed by atoms with E-state index in [9.17, 15) is 9.59 Å². The maximum Gasteiger partial charge on any atom is 0.254 e. The molecule has 2 aromatic rings. The second-order valence-electron chi connectivity index (χ2n) is 6.06. The Bertz CT molecular complexity index is 752. The number of carbonyl (C=O) groups excluding carboxylic acids is 2. The number of benzene rings is 2. The summed E-state index contributed by atoms with van der Waals surface area (Å²) < 4.78 is 5.13. The molecular formula is C20H21NO3. The lowest BCUT2D eigenvalue weighted by Gasteiger charge is -2.24. The van der Waals surface area contributed by atoms with Gasteiger partial charge in [-0.25, -0.2) is 0 Å². The lowest BCUT2D eigenvalue weighted by atomic mass is 10.0. The Hall–Kier alpha value is -2.62. The molecule has 0 aromatic heterocycles. The second-order valence-corrected chi connectivity index (χ2v) is 6.06. The van der Waals surface area contributed by atoms with Crippen LogP contribution in [0, 0.1) is 6.92 Å². The first-order chi connectivity index (χ1) is 11.6. The third kappa shape index (κ3) is 3.04. The van der Waals surface area contributed by atoms with Gasteiger partial charge in [0.2, 0.25) is 0 Å². The average Bonchev–Trinajstić information content (AvgIpc) is 3.10. The molecule has 0 bridgehead atoms. The number of ether oxygens (including phenoxy) is 1. The Morgan fingerprint density at radius 1 is 1.08 bits per heavy atom. The third-order valence-electron chi connectivity index (χ3n) is 4.57.